The number of halogens is 1. The molecular weight excluding hydrogens is 408 g/mol. The number of amides is 1. The predicted octanol–water partition coefficient (Wildman–Crippen LogP) is 3.99. The van der Waals surface area contributed by atoms with Gasteiger partial charge in [0.25, 0.3) is 5.91 Å². The van der Waals surface area contributed by atoms with E-state index in [1.165, 1.54) is 18.2 Å². The van der Waals surface area contributed by atoms with Gasteiger partial charge in [0.15, 0.2) is 18.1 Å². The van der Waals surface area contributed by atoms with Gasteiger partial charge in [0.05, 0.1) is 17.7 Å². The molecule has 2 aromatic carbocycles. The van der Waals surface area contributed by atoms with Gasteiger partial charge >= 0.3 is 5.97 Å². The van der Waals surface area contributed by atoms with Crippen LogP contribution < -0.4 is 14.8 Å². The average molecular weight is 429 g/mol. The number of carbonyl (C=O) groups is 2. The molecule has 156 valence electrons. The van der Waals surface area contributed by atoms with Crippen molar-refractivity contribution in [3.8, 4) is 17.6 Å². The third-order valence-electron chi connectivity index (χ3n) is 3.99. The Balaban J connectivity index is 2.28. The van der Waals surface area contributed by atoms with E-state index in [0.29, 0.717) is 5.56 Å². The van der Waals surface area contributed by atoms with Crippen LogP contribution >= 0.6 is 11.6 Å². The largest absolute Gasteiger partial charge is 0.490 e. The number of carbonyl (C=O) groups excluding carboxylic acids is 1. The summed E-state index contributed by atoms with van der Waals surface area (Å²) in [6, 6.07) is 14.0. The van der Waals surface area contributed by atoms with Crippen LogP contribution in [0.4, 0.5) is 0 Å². The molecule has 0 radical (unpaired) electrons. The Labute approximate surface area is 179 Å². The Kier molecular flexibility index (Phi) is 8.27. The van der Waals surface area contributed by atoms with E-state index in [0.717, 1.165) is 5.56 Å². The van der Waals surface area contributed by atoms with Crippen LogP contribution in [0.15, 0.2) is 48.0 Å². The molecule has 0 aliphatic rings. The third kappa shape index (κ3) is 6.26. The van der Waals surface area contributed by atoms with Gasteiger partial charge in [-0.1, -0.05) is 41.9 Å². The van der Waals surface area contributed by atoms with Crippen molar-refractivity contribution >= 4 is 29.6 Å². The summed E-state index contributed by atoms with van der Waals surface area (Å²) in [4.78, 5) is 23.3. The fourth-order valence-corrected chi connectivity index (χ4v) is 2.90. The smallest absolute Gasteiger partial charge is 0.341 e. The topological polar surface area (TPSA) is 109 Å². The Morgan fingerprint density at radius 3 is 2.57 bits per heavy atom. The van der Waals surface area contributed by atoms with Gasteiger partial charge in [-0.15, -0.1) is 0 Å². The molecule has 0 aromatic heterocycles. The van der Waals surface area contributed by atoms with E-state index in [1.54, 1.807) is 6.92 Å². The van der Waals surface area contributed by atoms with E-state index in [-0.39, 0.29) is 34.7 Å². The molecule has 2 aromatic rings. The number of carboxylic acids is 1. The maximum atomic E-state index is 12.5. The molecule has 7 nitrogen and oxygen atoms in total. The third-order valence-corrected chi connectivity index (χ3v) is 4.28. The van der Waals surface area contributed by atoms with Gasteiger partial charge in [0, 0.05) is 0 Å². The number of nitrogens with one attached hydrogen (secondary N) is 1. The first kappa shape index (κ1) is 22.8. The molecule has 2 N–H and O–H groups in total. The molecule has 8 heteroatoms. The normalized spacial score (nSPS) is 11.9. The fraction of sp³-hybridized carbons (Fsp3) is 0.227. The average Bonchev–Trinajstić information content (AvgIpc) is 2.72. The van der Waals surface area contributed by atoms with Gasteiger partial charge in [0.2, 0.25) is 0 Å². The van der Waals surface area contributed by atoms with Crippen molar-refractivity contribution in [3.05, 3.63) is 64.2 Å². The zero-order chi connectivity index (χ0) is 22.1. The maximum absolute atomic E-state index is 12.5. The van der Waals surface area contributed by atoms with E-state index in [2.05, 4.69) is 5.32 Å². The Morgan fingerprint density at radius 2 is 1.97 bits per heavy atom. The summed E-state index contributed by atoms with van der Waals surface area (Å²) >= 11 is 6.21. The van der Waals surface area contributed by atoms with Gasteiger partial charge in [0.1, 0.15) is 11.6 Å². The van der Waals surface area contributed by atoms with Crippen molar-refractivity contribution in [3.63, 3.8) is 0 Å². The lowest BCUT2D eigenvalue weighted by atomic mass is 10.1. The number of hydrogen-bond acceptors (Lipinski definition) is 5. The molecule has 0 heterocycles. The Bertz CT molecular complexity index is 983. The number of rotatable bonds is 9. The number of hydrogen-bond donors (Lipinski definition) is 2. The standard InChI is InChI=1S/C22H21ClN2O5/c1-3-29-19-11-15(10-18(23)21(19)30-13-20(26)27)9-17(12-24)22(28)25-14(2)16-7-5-4-6-8-16/h4-11,14H,3,13H2,1-2H3,(H,25,28)(H,26,27)/b17-9-/t14-/m1/s1. The molecule has 0 saturated heterocycles. The first-order valence-electron chi connectivity index (χ1n) is 9.14. The number of benzene rings is 2. The molecule has 0 saturated carbocycles. The number of ether oxygens (including phenoxy) is 2. The molecule has 30 heavy (non-hydrogen) atoms. The first-order valence-corrected chi connectivity index (χ1v) is 9.52. The molecule has 1 amide bonds. The van der Waals surface area contributed by atoms with E-state index < -0.39 is 18.5 Å². The lowest BCUT2D eigenvalue weighted by molar-refractivity contribution is -0.139. The molecular formula is C22H21ClN2O5. The minimum absolute atomic E-state index is 0.0822. The number of aliphatic carboxylic acids is 1. The van der Waals surface area contributed by atoms with Gasteiger partial charge < -0.3 is 19.9 Å². The highest BCUT2D eigenvalue weighted by Crippen LogP contribution is 2.37. The van der Waals surface area contributed by atoms with Gasteiger partial charge in [-0.2, -0.15) is 5.26 Å². The second-order valence-corrected chi connectivity index (χ2v) is 6.63. The molecule has 0 aliphatic heterocycles. The number of nitriles is 1. The summed E-state index contributed by atoms with van der Waals surface area (Å²) < 4.78 is 10.7. The lowest BCUT2D eigenvalue weighted by Gasteiger charge is -2.15. The molecule has 0 unspecified atom stereocenters. The SMILES string of the molecule is CCOc1cc(/C=C(/C#N)C(=O)N[C@H](C)c2ccccc2)cc(Cl)c1OCC(=O)O. The van der Waals surface area contributed by atoms with Crippen LogP contribution in [0.3, 0.4) is 0 Å². The summed E-state index contributed by atoms with van der Waals surface area (Å²) in [5, 5.41) is 21.1. The summed E-state index contributed by atoms with van der Waals surface area (Å²) in [5.74, 6) is -1.39. The second kappa shape index (κ2) is 10.9. The van der Waals surface area contributed by atoms with Crippen LogP contribution in [0.25, 0.3) is 6.08 Å². The van der Waals surface area contributed by atoms with Crippen LogP contribution in [-0.2, 0) is 9.59 Å². The van der Waals surface area contributed by atoms with E-state index in [9.17, 15) is 14.9 Å². The summed E-state index contributed by atoms with van der Waals surface area (Å²) in [5.41, 5.74) is 1.23. The predicted molar refractivity (Wildman–Crippen MR) is 112 cm³/mol. The Hall–Kier alpha value is -3.50. The van der Waals surface area contributed by atoms with Crippen LogP contribution in [0, 0.1) is 11.3 Å². The number of nitrogens with zero attached hydrogens (tertiary/aromatic N) is 1. The van der Waals surface area contributed by atoms with Crippen molar-refractivity contribution in [2.45, 2.75) is 19.9 Å². The van der Waals surface area contributed by atoms with Crippen LogP contribution in [0.1, 0.15) is 31.0 Å². The molecule has 0 bridgehead atoms. The Morgan fingerprint density at radius 1 is 1.27 bits per heavy atom. The summed E-state index contributed by atoms with van der Waals surface area (Å²) in [7, 11) is 0. The van der Waals surface area contributed by atoms with E-state index in [4.69, 9.17) is 26.2 Å². The van der Waals surface area contributed by atoms with Gasteiger partial charge in [-0.25, -0.2) is 4.79 Å². The van der Waals surface area contributed by atoms with Gasteiger partial charge in [-0.3, -0.25) is 4.79 Å². The maximum Gasteiger partial charge on any atom is 0.341 e. The van der Waals surface area contributed by atoms with Crippen LogP contribution in [0.2, 0.25) is 5.02 Å². The fourth-order valence-electron chi connectivity index (χ4n) is 2.62. The van der Waals surface area contributed by atoms with E-state index in [1.807, 2.05) is 43.3 Å². The van der Waals surface area contributed by atoms with Crippen molar-refractivity contribution in [2.75, 3.05) is 13.2 Å². The molecule has 1 atom stereocenters. The number of carboxylic acid groups (broad SMARTS) is 1. The highest BCUT2D eigenvalue weighted by Gasteiger charge is 2.17. The van der Waals surface area contributed by atoms with Crippen molar-refractivity contribution < 1.29 is 24.2 Å². The molecule has 2 rings (SSSR count). The summed E-state index contributed by atoms with van der Waals surface area (Å²) in [6.45, 7) is 3.27. The summed E-state index contributed by atoms with van der Waals surface area (Å²) in [6.07, 6.45) is 1.38. The molecule has 0 spiro atoms. The zero-order valence-electron chi connectivity index (χ0n) is 16.5. The monoisotopic (exact) mass is 428 g/mol. The lowest BCUT2D eigenvalue weighted by Crippen LogP contribution is -2.27. The van der Waals surface area contributed by atoms with Crippen molar-refractivity contribution in [1.82, 2.24) is 5.32 Å². The molecule has 0 aliphatic carbocycles. The minimum Gasteiger partial charge on any atom is -0.490 e. The van der Waals surface area contributed by atoms with Crippen LogP contribution in [0.5, 0.6) is 11.5 Å². The van der Waals surface area contributed by atoms with Gasteiger partial charge in [-0.05, 0) is 43.2 Å². The van der Waals surface area contributed by atoms with Crippen LogP contribution in [-0.4, -0.2) is 30.2 Å². The first-order chi connectivity index (χ1) is 14.3. The second-order valence-electron chi connectivity index (χ2n) is 6.22. The quantitative estimate of drug-likeness (QED) is 0.461. The molecule has 0 fully saturated rings. The van der Waals surface area contributed by atoms with Crippen molar-refractivity contribution in [2.24, 2.45) is 0 Å². The van der Waals surface area contributed by atoms with E-state index >= 15 is 0 Å². The highest BCUT2D eigenvalue weighted by molar-refractivity contribution is 6.32. The highest BCUT2D eigenvalue weighted by atomic mass is 35.5. The van der Waals surface area contributed by atoms with Crippen molar-refractivity contribution in [1.29, 1.82) is 5.26 Å². The minimum atomic E-state index is -1.16. The zero-order valence-corrected chi connectivity index (χ0v) is 17.3.